The largest absolute Gasteiger partial charge is 0.376 e. The second-order valence-electron chi connectivity index (χ2n) is 5.94. The molecule has 2 aliphatic rings. The summed E-state index contributed by atoms with van der Waals surface area (Å²) in [5.41, 5.74) is 5.24. The molecule has 1 aromatic carbocycles. The molecule has 2 atom stereocenters. The third kappa shape index (κ3) is 3.29. The summed E-state index contributed by atoms with van der Waals surface area (Å²) in [5.74, 6) is -1.56. The van der Waals surface area contributed by atoms with E-state index in [1.165, 1.54) is 12.1 Å². The van der Waals surface area contributed by atoms with Gasteiger partial charge in [-0.3, -0.25) is 4.79 Å². The van der Waals surface area contributed by atoms with Gasteiger partial charge in [-0.15, -0.1) is 0 Å². The number of carbonyl (C=O) groups is 2. The van der Waals surface area contributed by atoms with Crippen LogP contribution in [0.2, 0.25) is 0 Å². The number of hydrogen-bond acceptors (Lipinski definition) is 3. The van der Waals surface area contributed by atoms with Crippen molar-refractivity contribution in [2.45, 2.75) is 37.8 Å². The summed E-state index contributed by atoms with van der Waals surface area (Å²) in [5, 5.41) is 2.72. The van der Waals surface area contributed by atoms with Crippen LogP contribution in [0.3, 0.4) is 0 Å². The number of urea groups is 1. The minimum atomic E-state index is -0.864. The lowest BCUT2D eigenvalue weighted by atomic mass is 10.1. The highest BCUT2D eigenvalue weighted by Gasteiger charge is 2.36. The Bertz CT molecular complexity index is 617. The van der Waals surface area contributed by atoms with E-state index >= 15 is 0 Å². The third-order valence-corrected chi connectivity index (χ3v) is 4.44. The van der Waals surface area contributed by atoms with Crippen LogP contribution in [0, 0.1) is 5.82 Å². The van der Waals surface area contributed by atoms with Crippen LogP contribution in [0.15, 0.2) is 18.2 Å². The lowest BCUT2D eigenvalue weighted by Gasteiger charge is -2.29. The van der Waals surface area contributed by atoms with E-state index in [0.29, 0.717) is 12.2 Å². The topological polar surface area (TPSA) is 84.7 Å². The Morgan fingerprint density at radius 2 is 2.13 bits per heavy atom. The van der Waals surface area contributed by atoms with Gasteiger partial charge in [0.2, 0.25) is 0 Å². The first-order valence-corrected chi connectivity index (χ1v) is 7.85. The molecule has 0 aliphatic carbocycles. The maximum atomic E-state index is 13.5. The number of likely N-dealkylation sites (tertiary alicyclic amines) is 1. The lowest BCUT2D eigenvalue weighted by molar-refractivity contribution is 0.0543. The van der Waals surface area contributed by atoms with Crippen LogP contribution in [0.1, 0.15) is 36.0 Å². The first-order chi connectivity index (χ1) is 11.1. The Balaban J connectivity index is 1.71. The molecule has 6 nitrogen and oxygen atoms in total. The summed E-state index contributed by atoms with van der Waals surface area (Å²) in [7, 11) is 0. The molecule has 1 aromatic rings. The number of nitrogens with one attached hydrogen (secondary N) is 1. The summed E-state index contributed by atoms with van der Waals surface area (Å²) in [6.45, 7) is 1.41. The van der Waals surface area contributed by atoms with Gasteiger partial charge < -0.3 is 20.7 Å². The van der Waals surface area contributed by atoms with Gasteiger partial charge in [0.25, 0.3) is 5.91 Å². The monoisotopic (exact) mass is 321 g/mol. The number of primary amides is 1. The number of nitrogens with zero attached hydrogens (tertiary/aromatic N) is 1. The molecular weight excluding hydrogens is 301 g/mol. The number of carbonyl (C=O) groups excluding carboxylic acids is 2. The van der Waals surface area contributed by atoms with E-state index in [1.807, 2.05) is 0 Å². The van der Waals surface area contributed by atoms with Crippen molar-refractivity contribution >= 4 is 17.6 Å². The van der Waals surface area contributed by atoms with Crippen molar-refractivity contribution in [3.8, 4) is 0 Å². The van der Waals surface area contributed by atoms with Crippen LogP contribution in [0.25, 0.3) is 0 Å². The van der Waals surface area contributed by atoms with Crippen LogP contribution in [-0.4, -0.2) is 42.1 Å². The van der Waals surface area contributed by atoms with Crippen LogP contribution < -0.4 is 11.1 Å². The van der Waals surface area contributed by atoms with Crippen LogP contribution in [-0.2, 0) is 4.74 Å². The molecule has 2 aliphatic heterocycles. The molecule has 0 aromatic heterocycles. The molecule has 7 heteroatoms. The number of hydrogen-bond donors (Lipinski definition) is 2. The highest BCUT2D eigenvalue weighted by atomic mass is 19.1. The number of nitrogens with two attached hydrogens (primary N) is 1. The lowest BCUT2D eigenvalue weighted by Crippen LogP contribution is -2.44. The second kappa shape index (κ2) is 6.54. The molecule has 2 heterocycles. The Morgan fingerprint density at radius 1 is 1.30 bits per heavy atom. The van der Waals surface area contributed by atoms with Crippen molar-refractivity contribution in [2.24, 2.45) is 5.73 Å². The first kappa shape index (κ1) is 15.7. The molecule has 0 bridgehead atoms. The molecule has 0 saturated carbocycles. The first-order valence-electron chi connectivity index (χ1n) is 7.85. The minimum Gasteiger partial charge on any atom is -0.376 e. The van der Waals surface area contributed by atoms with E-state index in [4.69, 9.17) is 10.5 Å². The quantitative estimate of drug-likeness (QED) is 0.894. The van der Waals surface area contributed by atoms with E-state index in [1.54, 1.807) is 4.90 Å². The summed E-state index contributed by atoms with van der Waals surface area (Å²) in [4.78, 5) is 25.4. The van der Waals surface area contributed by atoms with Gasteiger partial charge in [-0.25, -0.2) is 9.18 Å². The molecular formula is C16H20FN3O3. The number of rotatable bonds is 3. The standard InChI is InChI=1S/C16H20FN3O3/c17-12-6-5-10(9-11(12)15(18)21)19-16(22)20-7-1-3-13(20)14-4-2-8-23-14/h5-6,9,13-14H,1-4,7-8H2,(H2,18,21)(H,19,22). The fourth-order valence-electron chi connectivity index (χ4n) is 3.32. The van der Waals surface area contributed by atoms with E-state index < -0.39 is 11.7 Å². The summed E-state index contributed by atoms with van der Waals surface area (Å²) >= 11 is 0. The van der Waals surface area contributed by atoms with Gasteiger partial charge in [0.05, 0.1) is 17.7 Å². The van der Waals surface area contributed by atoms with Crippen molar-refractivity contribution in [1.29, 1.82) is 0 Å². The van der Waals surface area contributed by atoms with Gasteiger partial charge >= 0.3 is 6.03 Å². The number of anilines is 1. The van der Waals surface area contributed by atoms with E-state index in [-0.39, 0.29) is 23.7 Å². The van der Waals surface area contributed by atoms with Gasteiger partial charge in [0, 0.05) is 18.8 Å². The number of benzene rings is 1. The molecule has 2 saturated heterocycles. The van der Waals surface area contributed by atoms with Gasteiger partial charge in [-0.05, 0) is 43.9 Å². The Hall–Kier alpha value is -2.15. The van der Waals surface area contributed by atoms with Gasteiger partial charge in [-0.2, -0.15) is 0 Å². The highest BCUT2D eigenvalue weighted by Crippen LogP contribution is 2.28. The molecule has 124 valence electrons. The molecule has 2 fully saturated rings. The van der Waals surface area contributed by atoms with Crippen LogP contribution in [0.4, 0.5) is 14.9 Å². The van der Waals surface area contributed by atoms with Crippen molar-refractivity contribution in [2.75, 3.05) is 18.5 Å². The normalized spacial score (nSPS) is 24.0. The fourth-order valence-corrected chi connectivity index (χ4v) is 3.32. The van der Waals surface area contributed by atoms with Crippen molar-refractivity contribution in [1.82, 2.24) is 4.90 Å². The van der Waals surface area contributed by atoms with Gasteiger partial charge in [0.15, 0.2) is 0 Å². The number of halogens is 1. The van der Waals surface area contributed by atoms with Crippen molar-refractivity contribution < 1.29 is 18.7 Å². The van der Waals surface area contributed by atoms with Gasteiger partial charge in [-0.1, -0.05) is 0 Å². The Morgan fingerprint density at radius 3 is 2.83 bits per heavy atom. The van der Waals surface area contributed by atoms with Crippen LogP contribution >= 0.6 is 0 Å². The molecule has 3 N–H and O–H groups in total. The van der Waals surface area contributed by atoms with Gasteiger partial charge in [0.1, 0.15) is 5.82 Å². The van der Waals surface area contributed by atoms with Crippen LogP contribution in [0.5, 0.6) is 0 Å². The van der Waals surface area contributed by atoms with E-state index in [9.17, 15) is 14.0 Å². The smallest absolute Gasteiger partial charge is 0.322 e. The molecule has 2 unspecified atom stereocenters. The zero-order valence-electron chi connectivity index (χ0n) is 12.8. The zero-order valence-corrected chi connectivity index (χ0v) is 12.8. The highest BCUT2D eigenvalue weighted by molar-refractivity contribution is 5.96. The van der Waals surface area contributed by atoms with Crippen molar-refractivity contribution in [3.05, 3.63) is 29.6 Å². The average Bonchev–Trinajstić information content (AvgIpc) is 3.19. The predicted molar refractivity (Wildman–Crippen MR) is 82.6 cm³/mol. The summed E-state index contributed by atoms with van der Waals surface area (Å²) in [6.07, 6.45) is 3.95. The average molecular weight is 321 g/mol. The second-order valence-corrected chi connectivity index (χ2v) is 5.94. The Kier molecular flexibility index (Phi) is 4.47. The zero-order chi connectivity index (χ0) is 16.4. The molecule has 0 radical (unpaired) electrons. The predicted octanol–water partition coefficient (Wildman–Crippen LogP) is 2.10. The molecule has 0 spiro atoms. The molecule has 3 amide bonds. The van der Waals surface area contributed by atoms with Crippen molar-refractivity contribution in [3.63, 3.8) is 0 Å². The third-order valence-electron chi connectivity index (χ3n) is 4.44. The maximum absolute atomic E-state index is 13.5. The van der Waals surface area contributed by atoms with E-state index in [2.05, 4.69) is 5.32 Å². The SMILES string of the molecule is NC(=O)c1cc(NC(=O)N2CCCC2C2CCCO2)ccc1F. The maximum Gasteiger partial charge on any atom is 0.322 e. The minimum absolute atomic E-state index is 0.0774. The molecule has 23 heavy (non-hydrogen) atoms. The number of ether oxygens (including phenoxy) is 1. The number of amides is 3. The van der Waals surface area contributed by atoms with E-state index in [0.717, 1.165) is 38.4 Å². The molecule has 3 rings (SSSR count). The summed E-state index contributed by atoms with van der Waals surface area (Å²) in [6, 6.07) is 3.61. The summed E-state index contributed by atoms with van der Waals surface area (Å²) < 4.78 is 19.2. The Labute approximate surface area is 133 Å². The fraction of sp³-hybridized carbons (Fsp3) is 0.500.